The zero-order valence-corrected chi connectivity index (χ0v) is 14.1. The number of aromatic nitrogens is 1. The summed E-state index contributed by atoms with van der Waals surface area (Å²) in [5.41, 5.74) is 3.51. The van der Waals surface area contributed by atoms with Gasteiger partial charge < -0.3 is 10.2 Å². The molecule has 1 aromatic carbocycles. The lowest BCUT2D eigenvalue weighted by Gasteiger charge is -2.16. The second-order valence-corrected chi connectivity index (χ2v) is 5.65. The van der Waals surface area contributed by atoms with Gasteiger partial charge in [0.1, 0.15) is 0 Å². The van der Waals surface area contributed by atoms with Crippen molar-refractivity contribution in [2.75, 3.05) is 18.9 Å². The van der Waals surface area contributed by atoms with E-state index in [2.05, 4.69) is 10.3 Å². The number of rotatable bonds is 5. The summed E-state index contributed by atoms with van der Waals surface area (Å²) in [5, 5.41) is 2.84. The highest BCUT2D eigenvalue weighted by molar-refractivity contribution is 5.98. The maximum atomic E-state index is 12.1. The Kier molecular flexibility index (Phi) is 5.84. The molecule has 2 rings (SSSR count). The van der Waals surface area contributed by atoms with Gasteiger partial charge in [0.25, 0.3) is 0 Å². The lowest BCUT2D eigenvalue weighted by molar-refractivity contribution is -0.129. The van der Waals surface area contributed by atoms with E-state index < -0.39 is 0 Å². The van der Waals surface area contributed by atoms with Crippen LogP contribution in [0.25, 0.3) is 6.08 Å². The number of anilines is 1. The first-order valence-electron chi connectivity index (χ1n) is 7.67. The van der Waals surface area contributed by atoms with Crippen LogP contribution < -0.4 is 5.32 Å². The summed E-state index contributed by atoms with van der Waals surface area (Å²) >= 11 is 0. The van der Waals surface area contributed by atoms with E-state index in [0.717, 1.165) is 16.8 Å². The normalized spacial score (nSPS) is 10.6. The zero-order chi connectivity index (χ0) is 17.5. The van der Waals surface area contributed by atoms with E-state index in [1.807, 2.05) is 44.2 Å². The molecule has 0 aliphatic rings. The summed E-state index contributed by atoms with van der Waals surface area (Å²) in [4.78, 5) is 29.6. The number of nitrogens with one attached hydrogen (secondary N) is 1. The number of aryl methyl sites for hydroxylation is 2. The van der Waals surface area contributed by atoms with Gasteiger partial charge in [-0.05, 0) is 49.2 Å². The second-order valence-electron chi connectivity index (χ2n) is 5.65. The van der Waals surface area contributed by atoms with Crippen molar-refractivity contribution < 1.29 is 9.59 Å². The highest BCUT2D eigenvalue weighted by Gasteiger charge is 2.11. The van der Waals surface area contributed by atoms with Crippen LogP contribution in [0.2, 0.25) is 0 Å². The molecular weight excluding hydrogens is 302 g/mol. The van der Waals surface area contributed by atoms with Crippen molar-refractivity contribution in [1.29, 1.82) is 0 Å². The molecule has 0 atom stereocenters. The van der Waals surface area contributed by atoms with Crippen LogP contribution in [-0.2, 0) is 9.59 Å². The van der Waals surface area contributed by atoms with Crippen molar-refractivity contribution in [2.45, 2.75) is 13.8 Å². The Morgan fingerprint density at radius 1 is 1.21 bits per heavy atom. The number of carbonyl (C=O) groups is 2. The molecule has 0 unspecified atom stereocenters. The second kappa shape index (κ2) is 8.06. The summed E-state index contributed by atoms with van der Waals surface area (Å²) in [6.07, 6.45) is 4.69. The van der Waals surface area contributed by atoms with E-state index in [0.29, 0.717) is 5.69 Å². The lowest BCUT2D eigenvalue weighted by Crippen LogP contribution is -2.34. The topological polar surface area (TPSA) is 62.3 Å². The van der Waals surface area contributed by atoms with Gasteiger partial charge in [-0.3, -0.25) is 14.6 Å². The molecule has 124 valence electrons. The first kappa shape index (κ1) is 17.4. The Hall–Kier alpha value is -2.95. The maximum absolute atomic E-state index is 12.1. The molecule has 5 heteroatoms. The Morgan fingerprint density at radius 3 is 2.71 bits per heavy atom. The molecule has 0 saturated heterocycles. The number of amides is 2. The van der Waals surface area contributed by atoms with Gasteiger partial charge in [0.15, 0.2) is 0 Å². The third kappa shape index (κ3) is 5.05. The van der Waals surface area contributed by atoms with Crippen LogP contribution >= 0.6 is 0 Å². The van der Waals surface area contributed by atoms with E-state index in [1.54, 1.807) is 25.4 Å². The van der Waals surface area contributed by atoms with Crippen LogP contribution in [0.4, 0.5) is 5.69 Å². The highest BCUT2D eigenvalue weighted by Crippen LogP contribution is 2.16. The molecule has 0 spiro atoms. The van der Waals surface area contributed by atoms with Crippen LogP contribution in [0.3, 0.4) is 0 Å². The summed E-state index contributed by atoms with van der Waals surface area (Å²) < 4.78 is 0. The number of carbonyl (C=O) groups excluding carboxylic acids is 2. The predicted molar refractivity (Wildman–Crippen MR) is 95.5 cm³/mol. The number of hydrogen-bond acceptors (Lipinski definition) is 3. The first-order chi connectivity index (χ1) is 11.5. The Labute approximate surface area is 142 Å². The fourth-order valence-electron chi connectivity index (χ4n) is 2.11. The SMILES string of the molecule is Cc1ccc(C)c(NC(=O)CN(C)C(=O)/C=C/c2ccccn2)c1. The van der Waals surface area contributed by atoms with Crippen molar-refractivity contribution >= 4 is 23.6 Å². The predicted octanol–water partition coefficient (Wildman–Crippen LogP) is 2.81. The van der Waals surface area contributed by atoms with Gasteiger partial charge in [-0.15, -0.1) is 0 Å². The average molecular weight is 323 g/mol. The Morgan fingerprint density at radius 2 is 2.00 bits per heavy atom. The molecule has 2 aromatic rings. The van der Waals surface area contributed by atoms with Crippen LogP contribution in [0, 0.1) is 13.8 Å². The van der Waals surface area contributed by atoms with Crippen molar-refractivity contribution in [2.24, 2.45) is 0 Å². The minimum atomic E-state index is -0.253. The number of benzene rings is 1. The van der Waals surface area contributed by atoms with Gasteiger partial charge >= 0.3 is 0 Å². The molecule has 0 fully saturated rings. The van der Waals surface area contributed by atoms with Gasteiger partial charge in [-0.2, -0.15) is 0 Å². The maximum Gasteiger partial charge on any atom is 0.246 e. The Balaban J connectivity index is 1.92. The molecule has 2 amide bonds. The van der Waals surface area contributed by atoms with E-state index in [9.17, 15) is 9.59 Å². The minimum absolute atomic E-state index is 0.0151. The van der Waals surface area contributed by atoms with Crippen molar-refractivity contribution in [3.63, 3.8) is 0 Å². The molecule has 0 saturated carbocycles. The van der Waals surface area contributed by atoms with Gasteiger partial charge in [-0.1, -0.05) is 18.2 Å². The summed E-state index contributed by atoms with van der Waals surface area (Å²) in [6, 6.07) is 11.3. The monoisotopic (exact) mass is 323 g/mol. The quantitative estimate of drug-likeness (QED) is 0.861. The Bertz CT molecular complexity index is 754. The lowest BCUT2D eigenvalue weighted by atomic mass is 10.1. The van der Waals surface area contributed by atoms with Crippen LogP contribution in [-0.4, -0.2) is 35.3 Å². The van der Waals surface area contributed by atoms with Crippen molar-refractivity contribution in [3.8, 4) is 0 Å². The number of likely N-dealkylation sites (N-methyl/N-ethyl adjacent to an activating group) is 1. The smallest absolute Gasteiger partial charge is 0.246 e. The van der Waals surface area contributed by atoms with E-state index in [4.69, 9.17) is 0 Å². The molecule has 0 bridgehead atoms. The van der Waals surface area contributed by atoms with Crippen LogP contribution in [0.1, 0.15) is 16.8 Å². The summed E-state index contributed by atoms with van der Waals surface area (Å²) in [5.74, 6) is -0.484. The molecule has 0 aliphatic heterocycles. The molecule has 0 aliphatic carbocycles. The summed E-state index contributed by atoms with van der Waals surface area (Å²) in [7, 11) is 1.59. The molecular formula is C19H21N3O2. The standard InChI is InChI=1S/C19H21N3O2/c1-14-7-8-15(2)17(12-14)21-18(23)13-22(3)19(24)10-9-16-6-4-5-11-20-16/h4-12H,13H2,1-3H3,(H,21,23)/b10-9+. The fraction of sp³-hybridized carbons (Fsp3) is 0.211. The fourth-order valence-corrected chi connectivity index (χ4v) is 2.11. The zero-order valence-electron chi connectivity index (χ0n) is 14.1. The molecule has 1 aromatic heterocycles. The van der Waals surface area contributed by atoms with Gasteiger partial charge in [0.05, 0.1) is 12.2 Å². The summed E-state index contributed by atoms with van der Waals surface area (Å²) in [6.45, 7) is 3.88. The van der Waals surface area contributed by atoms with Gasteiger partial charge in [0, 0.05) is 25.0 Å². The van der Waals surface area contributed by atoms with Crippen molar-refractivity contribution in [1.82, 2.24) is 9.88 Å². The van der Waals surface area contributed by atoms with Crippen LogP contribution in [0.5, 0.6) is 0 Å². The number of nitrogens with zero attached hydrogens (tertiary/aromatic N) is 2. The van der Waals surface area contributed by atoms with Crippen molar-refractivity contribution in [3.05, 3.63) is 65.5 Å². The van der Waals surface area contributed by atoms with E-state index in [-0.39, 0.29) is 18.4 Å². The third-order valence-electron chi connectivity index (χ3n) is 3.51. The molecule has 1 N–H and O–H groups in total. The number of pyridine rings is 1. The average Bonchev–Trinajstić information content (AvgIpc) is 2.56. The van der Waals surface area contributed by atoms with Gasteiger partial charge in [0.2, 0.25) is 11.8 Å². The molecule has 0 radical (unpaired) electrons. The highest BCUT2D eigenvalue weighted by atomic mass is 16.2. The first-order valence-corrected chi connectivity index (χ1v) is 7.67. The van der Waals surface area contributed by atoms with E-state index in [1.165, 1.54) is 11.0 Å². The number of hydrogen-bond donors (Lipinski definition) is 1. The third-order valence-corrected chi connectivity index (χ3v) is 3.51. The van der Waals surface area contributed by atoms with E-state index >= 15 is 0 Å². The molecule has 1 heterocycles. The molecule has 5 nitrogen and oxygen atoms in total. The minimum Gasteiger partial charge on any atom is -0.333 e. The van der Waals surface area contributed by atoms with Gasteiger partial charge in [-0.25, -0.2) is 0 Å². The molecule has 24 heavy (non-hydrogen) atoms. The largest absolute Gasteiger partial charge is 0.333 e. The van der Waals surface area contributed by atoms with Crippen LogP contribution in [0.15, 0.2) is 48.7 Å².